The van der Waals surface area contributed by atoms with Gasteiger partial charge in [-0.3, -0.25) is 4.79 Å². The maximum Gasteiger partial charge on any atom is 0.306 e. The number of ether oxygens (including phenoxy) is 3. The summed E-state index contributed by atoms with van der Waals surface area (Å²) in [5.74, 6) is 0.761. The van der Waals surface area contributed by atoms with Gasteiger partial charge in [-0.2, -0.15) is 10.2 Å². The topological polar surface area (TPSA) is 70.5 Å². The molecule has 1 aromatic heterocycles. The van der Waals surface area contributed by atoms with Gasteiger partial charge < -0.3 is 14.2 Å². The lowest BCUT2D eigenvalue weighted by Gasteiger charge is -2.19. The number of nitrogens with zero attached hydrogens (tertiary/aromatic N) is 2. The highest BCUT2D eigenvalue weighted by atomic mass is 19.1. The Hall–Kier alpha value is -4.26. The summed E-state index contributed by atoms with van der Waals surface area (Å²) in [7, 11) is 1.39. The van der Waals surface area contributed by atoms with E-state index in [1.165, 1.54) is 7.11 Å². The highest BCUT2D eigenvalue weighted by Gasteiger charge is 2.32. The summed E-state index contributed by atoms with van der Waals surface area (Å²) < 4.78 is 32.3. The van der Waals surface area contributed by atoms with Crippen molar-refractivity contribution in [1.29, 1.82) is 0 Å². The highest BCUT2D eigenvalue weighted by molar-refractivity contribution is 5.79. The van der Waals surface area contributed by atoms with Gasteiger partial charge in [-0.25, -0.2) is 4.39 Å². The van der Waals surface area contributed by atoms with Crippen LogP contribution in [0.15, 0.2) is 54.6 Å². The average molecular weight is 539 g/mol. The van der Waals surface area contributed by atoms with E-state index >= 15 is 4.39 Å². The van der Waals surface area contributed by atoms with Crippen molar-refractivity contribution in [3.05, 3.63) is 93.9 Å². The molecule has 4 aromatic rings. The second-order valence-electron chi connectivity index (χ2n) is 10.7. The summed E-state index contributed by atoms with van der Waals surface area (Å²) in [6, 6.07) is 17.3. The van der Waals surface area contributed by atoms with Gasteiger partial charge in [0, 0.05) is 28.7 Å². The van der Waals surface area contributed by atoms with E-state index in [1.807, 2.05) is 43.3 Å². The standard InChI is InChI=1S/C33H31FN2O4/c1-18-13-21(28-11-5-20(3)35-36-28)14-19(2)32(18)25-8-10-27(34)33-26(25)9-12-29(33)40-23-6-7-24-22(15-31(37)38-4)17-39-30(24)16-23/h5-8,10-11,13-14,16,22,29H,9,12,15,17H2,1-4H3/t22-,29-/m1/s1. The van der Waals surface area contributed by atoms with Crippen LogP contribution >= 0.6 is 0 Å². The fourth-order valence-corrected chi connectivity index (χ4v) is 6.06. The minimum absolute atomic E-state index is 0.0420. The predicted molar refractivity (Wildman–Crippen MR) is 150 cm³/mol. The van der Waals surface area contributed by atoms with Gasteiger partial charge in [0.2, 0.25) is 0 Å². The first-order valence-electron chi connectivity index (χ1n) is 13.6. The summed E-state index contributed by atoms with van der Waals surface area (Å²) >= 11 is 0. The number of carbonyl (C=O) groups is 1. The molecule has 1 aliphatic carbocycles. The van der Waals surface area contributed by atoms with Gasteiger partial charge in [0.15, 0.2) is 0 Å². The number of fused-ring (bicyclic) bond motifs is 2. The third kappa shape index (κ3) is 4.70. The molecule has 0 radical (unpaired) electrons. The van der Waals surface area contributed by atoms with E-state index in [2.05, 4.69) is 36.2 Å². The smallest absolute Gasteiger partial charge is 0.306 e. The van der Waals surface area contributed by atoms with Crippen molar-refractivity contribution < 1.29 is 23.4 Å². The maximum atomic E-state index is 15.3. The molecule has 0 saturated heterocycles. The third-order valence-electron chi connectivity index (χ3n) is 7.96. The first-order chi connectivity index (χ1) is 19.3. The Labute approximate surface area is 233 Å². The molecule has 40 heavy (non-hydrogen) atoms. The van der Waals surface area contributed by atoms with Gasteiger partial charge >= 0.3 is 5.97 Å². The van der Waals surface area contributed by atoms with E-state index in [0.29, 0.717) is 30.1 Å². The summed E-state index contributed by atoms with van der Waals surface area (Å²) in [5.41, 5.74) is 9.66. The molecule has 1 aliphatic heterocycles. The monoisotopic (exact) mass is 538 g/mol. The van der Waals surface area contributed by atoms with Crippen molar-refractivity contribution in [1.82, 2.24) is 10.2 Å². The van der Waals surface area contributed by atoms with Crippen LogP contribution in [0.4, 0.5) is 4.39 Å². The number of hydrogen-bond donors (Lipinski definition) is 0. The van der Waals surface area contributed by atoms with Crippen molar-refractivity contribution in [2.75, 3.05) is 13.7 Å². The Morgan fingerprint density at radius 3 is 2.55 bits per heavy atom. The SMILES string of the molecule is COC(=O)C[C@@H]1COc2cc(O[C@@H]3CCc4c(-c5c(C)cc(-c6ccc(C)nn6)cc5C)ccc(F)c43)ccc21. The van der Waals surface area contributed by atoms with Gasteiger partial charge in [-0.1, -0.05) is 12.1 Å². The van der Waals surface area contributed by atoms with Crippen LogP contribution in [0.5, 0.6) is 11.5 Å². The molecule has 0 unspecified atom stereocenters. The minimum atomic E-state index is -0.400. The molecule has 6 nitrogen and oxygen atoms in total. The molecule has 6 rings (SSSR count). The molecular formula is C33H31FN2O4. The Kier molecular flexibility index (Phi) is 6.74. The molecule has 7 heteroatoms. The molecular weight excluding hydrogens is 507 g/mol. The molecule has 2 heterocycles. The van der Waals surface area contributed by atoms with Crippen LogP contribution in [-0.4, -0.2) is 29.9 Å². The highest BCUT2D eigenvalue weighted by Crippen LogP contribution is 2.45. The number of hydrogen-bond acceptors (Lipinski definition) is 6. The van der Waals surface area contributed by atoms with Gasteiger partial charge in [-0.05, 0) is 97.8 Å². The minimum Gasteiger partial charge on any atom is -0.492 e. The molecule has 3 aromatic carbocycles. The molecule has 0 amide bonds. The second-order valence-corrected chi connectivity index (χ2v) is 10.7. The van der Waals surface area contributed by atoms with Crippen molar-refractivity contribution in [2.24, 2.45) is 0 Å². The summed E-state index contributed by atoms with van der Waals surface area (Å²) in [4.78, 5) is 11.7. The number of methoxy groups -OCH3 is 1. The van der Waals surface area contributed by atoms with Gasteiger partial charge in [-0.15, -0.1) is 0 Å². The maximum absolute atomic E-state index is 15.3. The quantitative estimate of drug-likeness (QED) is 0.247. The van der Waals surface area contributed by atoms with E-state index in [9.17, 15) is 4.79 Å². The Balaban J connectivity index is 1.29. The predicted octanol–water partition coefficient (Wildman–Crippen LogP) is 6.98. The summed E-state index contributed by atoms with van der Waals surface area (Å²) in [6.07, 6.45) is 1.27. The molecule has 0 N–H and O–H groups in total. The van der Waals surface area contributed by atoms with Crippen molar-refractivity contribution in [3.8, 4) is 33.9 Å². The normalized spacial score (nSPS) is 17.2. The van der Waals surface area contributed by atoms with Crippen LogP contribution < -0.4 is 9.47 Å². The first-order valence-corrected chi connectivity index (χ1v) is 13.6. The zero-order valence-electron chi connectivity index (χ0n) is 23.1. The number of esters is 1. The van der Waals surface area contributed by atoms with Gasteiger partial charge in [0.1, 0.15) is 23.4 Å². The lowest BCUT2D eigenvalue weighted by molar-refractivity contribution is -0.141. The van der Waals surface area contributed by atoms with Crippen LogP contribution in [0.3, 0.4) is 0 Å². The average Bonchev–Trinajstić information content (AvgIpc) is 3.54. The van der Waals surface area contributed by atoms with Crippen LogP contribution in [0.25, 0.3) is 22.4 Å². The fraction of sp³-hybridized carbons (Fsp3) is 0.303. The molecule has 0 fully saturated rings. The van der Waals surface area contributed by atoms with Crippen molar-refractivity contribution >= 4 is 5.97 Å². The summed E-state index contributed by atoms with van der Waals surface area (Å²) in [6.45, 7) is 6.52. The lowest BCUT2D eigenvalue weighted by atomic mass is 9.88. The number of carbonyl (C=O) groups excluding carboxylic acids is 1. The van der Waals surface area contributed by atoms with E-state index in [-0.39, 0.29) is 24.1 Å². The number of rotatable bonds is 6. The zero-order valence-corrected chi connectivity index (χ0v) is 23.1. The molecule has 2 atom stereocenters. The van der Waals surface area contributed by atoms with Crippen LogP contribution in [0.2, 0.25) is 0 Å². The van der Waals surface area contributed by atoms with E-state index in [4.69, 9.17) is 14.2 Å². The summed E-state index contributed by atoms with van der Waals surface area (Å²) in [5, 5.41) is 8.55. The molecule has 0 bridgehead atoms. The first kappa shape index (κ1) is 26.0. The van der Waals surface area contributed by atoms with E-state index < -0.39 is 6.10 Å². The largest absolute Gasteiger partial charge is 0.492 e. The molecule has 2 aliphatic rings. The number of aromatic nitrogens is 2. The number of benzene rings is 3. The fourth-order valence-electron chi connectivity index (χ4n) is 6.06. The molecule has 0 saturated carbocycles. The van der Waals surface area contributed by atoms with Crippen LogP contribution in [0.1, 0.15) is 58.4 Å². The molecule has 204 valence electrons. The van der Waals surface area contributed by atoms with Crippen molar-refractivity contribution in [2.45, 2.75) is 52.1 Å². The van der Waals surface area contributed by atoms with Gasteiger partial charge in [0.25, 0.3) is 0 Å². The number of aryl methyl sites for hydroxylation is 3. The second kappa shape index (κ2) is 10.4. The Morgan fingerprint density at radius 1 is 1.02 bits per heavy atom. The van der Waals surface area contributed by atoms with E-state index in [0.717, 1.165) is 56.8 Å². The van der Waals surface area contributed by atoms with Crippen LogP contribution in [0, 0.1) is 26.6 Å². The van der Waals surface area contributed by atoms with Crippen molar-refractivity contribution in [3.63, 3.8) is 0 Å². The third-order valence-corrected chi connectivity index (χ3v) is 7.96. The number of halogens is 1. The molecule has 0 spiro atoms. The Morgan fingerprint density at radius 2 is 1.82 bits per heavy atom. The van der Waals surface area contributed by atoms with Crippen LogP contribution in [-0.2, 0) is 16.0 Å². The Bertz CT molecular complexity index is 1590. The van der Waals surface area contributed by atoms with E-state index in [1.54, 1.807) is 6.07 Å². The zero-order chi connectivity index (χ0) is 28.0. The van der Waals surface area contributed by atoms with Gasteiger partial charge in [0.05, 0.1) is 31.5 Å². The lowest BCUT2D eigenvalue weighted by Crippen LogP contribution is -2.09.